The van der Waals surface area contributed by atoms with Crippen molar-refractivity contribution >= 4 is 11.5 Å². The Bertz CT molecular complexity index is 438. The lowest BCUT2D eigenvalue weighted by Crippen LogP contribution is -2.10. The van der Waals surface area contributed by atoms with Gasteiger partial charge in [0.15, 0.2) is 0 Å². The molecule has 0 fully saturated rings. The number of aromatic nitrogens is 2. The van der Waals surface area contributed by atoms with Gasteiger partial charge in [-0.3, -0.25) is 0 Å². The highest BCUT2D eigenvalue weighted by atomic mass is 32.1. The fraction of sp³-hybridized carbons (Fsp3) is 0.111. The summed E-state index contributed by atoms with van der Waals surface area (Å²) in [6.07, 6.45) is 1.48. The Morgan fingerprint density at radius 2 is 1.87 bits per heavy atom. The Morgan fingerprint density at radius 3 is 2.40 bits per heavy atom. The van der Waals surface area contributed by atoms with Crippen molar-refractivity contribution in [1.29, 1.82) is 0 Å². The smallest absolute Gasteiger partial charge is 0.126 e. The molecule has 6 heteroatoms. The van der Waals surface area contributed by atoms with E-state index in [1.807, 2.05) is 0 Å². The normalized spacial score (nSPS) is 12.7. The van der Waals surface area contributed by atoms with Crippen molar-refractivity contribution in [2.24, 2.45) is 5.73 Å². The van der Waals surface area contributed by atoms with E-state index in [1.54, 1.807) is 0 Å². The third-order valence-corrected chi connectivity index (χ3v) is 2.67. The van der Waals surface area contributed by atoms with Crippen molar-refractivity contribution < 1.29 is 8.78 Å². The second-order valence-corrected chi connectivity index (χ2v) is 3.82. The van der Waals surface area contributed by atoms with E-state index < -0.39 is 17.7 Å². The van der Waals surface area contributed by atoms with Crippen LogP contribution in [0.2, 0.25) is 0 Å². The summed E-state index contributed by atoms with van der Waals surface area (Å²) in [5.41, 5.74) is 6.17. The lowest BCUT2D eigenvalue weighted by atomic mass is 10.1. The molecule has 1 unspecified atom stereocenters. The van der Waals surface area contributed by atoms with Gasteiger partial charge in [0.05, 0.1) is 17.1 Å². The molecule has 2 rings (SSSR count). The summed E-state index contributed by atoms with van der Waals surface area (Å²) < 4.78 is 29.5. The summed E-state index contributed by atoms with van der Waals surface area (Å²) in [5.74, 6) is -1.28. The third-order valence-electron chi connectivity index (χ3n) is 1.93. The lowest BCUT2D eigenvalue weighted by molar-refractivity contribution is 0.577. The molecule has 0 saturated heterocycles. The predicted octanol–water partition coefficient (Wildman–Crippen LogP) is 1.86. The zero-order chi connectivity index (χ0) is 10.8. The molecule has 1 aromatic heterocycles. The molecule has 0 aliphatic carbocycles. The van der Waals surface area contributed by atoms with E-state index in [0.717, 1.165) is 17.6 Å². The first-order valence-corrected chi connectivity index (χ1v) is 4.93. The molecule has 0 saturated carbocycles. The average Bonchev–Trinajstić information content (AvgIpc) is 2.67. The Labute approximate surface area is 88.7 Å². The van der Waals surface area contributed by atoms with Crippen LogP contribution in [0.5, 0.6) is 0 Å². The number of nitrogens with two attached hydrogens (primary N) is 1. The van der Waals surface area contributed by atoms with Gasteiger partial charge in [-0.1, -0.05) is 4.49 Å². The summed E-state index contributed by atoms with van der Waals surface area (Å²) in [6, 6.07) is 2.62. The predicted molar refractivity (Wildman–Crippen MR) is 52.3 cm³/mol. The fourth-order valence-electron chi connectivity index (χ4n) is 1.23. The lowest BCUT2D eigenvalue weighted by Gasteiger charge is -2.08. The van der Waals surface area contributed by atoms with Gasteiger partial charge in [0.1, 0.15) is 11.6 Å². The maximum Gasteiger partial charge on any atom is 0.126 e. The van der Waals surface area contributed by atoms with Crippen LogP contribution in [-0.4, -0.2) is 9.59 Å². The minimum atomic E-state index is -0.641. The Morgan fingerprint density at radius 1 is 1.20 bits per heavy atom. The zero-order valence-electron chi connectivity index (χ0n) is 7.52. The van der Waals surface area contributed by atoms with Crippen LogP contribution in [0.4, 0.5) is 8.78 Å². The van der Waals surface area contributed by atoms with Crippen molar-refractivity contribution in [1.82, 2.24) is 9.59 Å². The van der Waals surface area contributed by atoms with E-state index in [2.05, 4.69) is 9.59 Å². The topological polar surface area (TPSA) is 51.8 Å². The number of rotatable bonds is 2. The summed E-state index contributed by atoms with van der Waals surface area (Å²) in [7, 11) is 0. The molecular formula is C9H7F2N3S. The molecule has 0 radical (unpaired) electrons. The summed E-state index contributed by atoms with van der Waals surface area (Å²) in [4.78, 5) is 0.667. The van der Waals surface area contributed by atoms with Gasteiger partial charge in [-0.2, -0.15) is 0 Å². The van der Waals surface area contributed by atoms with Gasteiger partial charge in [-0.05, 0) is 29.2 Å². The number of nitrogens with zero attached hydrogens (tertiary/aromatic N) is 2. The quantitative estimate of drug-likeness (QED) is 0.852. The Balaban J connectivity index is 2.37. The molecule has 1 atom stereocenters. The molecule has 2 N–H and O–H groups in total. The molecule has 0 amide bonds. The largest absolute Gasteiger partial charge is 0.320 e. The molecule has 3 nitrogen and oxygen atoms in total. The molecule has 0 aliphatic rings. The molecule has 1 aromatic carbocycles. The van der Waals surface area contributed by atoms with Crippen LogP contribution < -0.4 is 5.73 Å². The van der Waals surface area contributed by atoms with Crippen LogP contribution in [0, 0.1) is 11.6 Å². The van der Waals surface area contributed by atoms with E-state index >= 15 is 0 Å². The molecule has 0 bridgehead atoms. The monoisotopic (exact) mass is 227 g/mol. The summed E-state index contributed by atoms with van der Waals surface area (Å²) >= 11 is 1.11. The highest BCUT2D eigenvalue weighted by molar-refractivity contribution is 7.05. The van der Waals surface area contributed by atoms with Crippen LogP contribution in [0.1, 0.15) is 16.5 Å². The van der Waals surface area contributed by atoms with Gasteiger partial charge in [0, 0.05) is 6.07 Å². The third kappa shape index (κ3) is 2.16. The molecule has 0 spiro atoms. The maximum atomic E-state index is 12.9. The first kappa shape index (κ1) is 10.1. The van der Waals surface area contributed by atoms with Gasteiger partial charge in [-0.15, -0.1) is 5.10 Å². The second-order valence-electron chi connectivity index (χ2n) is 3.00. The molecule has 1 heterocycles. The van der Waals surface area contributed by atoms with E-state index in [1.165, 1.54) is 18.3 Å². The van der Waals surface area contributed by atoms with Crippen LogP contribution in [0.15, 0.2) is 24.4 Å². The van der Waals surface area contributed by atoms with E-state index in [0.29, 0.717) is 10.4 Å². The fourth-order valence-corrected chi connectivity index (χ4v) is 1.76. The van der Waals surface area contributed by atoms with Gasteiger partial charge in [0.25, 0.3) is 0 Å². The molecule has 0 aliphatic heterocycles. The molecule has 78 valence electrons. The zero-order valence-corrected chi connectivity index (χ0v) is 8.34. The van der Waals surface area contributed by atoms with Gasteiger partial charge >= 0.3 is 0 Å². The first-order valence-electron chi connectivity index (χ1n) is 4.15. The van der Waals surface area contributed by atoms with Gasteiger partial charge in [-0.25, -0.2) is 8.78 Å². The molecule has 2 aromatic rings. The van der Waals surface area contributed by atoms with Crippen LogP contribution >= 0.6 is 11.5 Å². The number of hydrogen-bond donors (Lipinski definition) is 1. The van der Waals surface area contributed by atoms with Crippen molar-refractivity contribution in [3.8, 4) is 0 Å². The van der Waals surface area contributed by atoms with Gasteiger partial charge in [0.2, 0.25) is 0 Å². The standard InChI is InChI=1S/C9H7F2N3S/c10-6-1-5(2-7(11)3-6)9(12)8-4-13-14-15-8/h1-4,9H,12H2. The average molecular weight is 227 g/mol. The van der Waals surface area contributed by atoms with Crippen molar-refractivity contribution in [2.45, 2.75) is 6.04 Å². The van der Waals surface area contributed by atoms with Crippen LogP contribution in [0.3, 0.4) is 0 Å². The SMILES string of the molecule is NC(c1cc(F)cc(F)c1)c1cnns1. The van der Waals surface area contributed by atoms with Crippen LogP contribution in [0.25, 0.3) is 0 Å². The maximum absolute atomic E-state index is 12.9. The summed E-state index contributed by atoms with van der Waals surface area (Å²) in [5, 5.41) is 3.61. The second kappa shape index (κ2) is 4.00. The van der Waals surface area contributed by atoms with Crippen molar-refractivity contribution in [3.63, 3.8) is 0 Å². The minimum Gasteiger partial charge on any atom is -0.320 e. The van der Waals surface area contributed by atoms with Gasteiger partial charge < -0.3 is 5.73 Å². The molecular weight excluding hydrogens is 220 g/mol. The summed E-state index contributed by atoms with van der Waals surface area (Å²) in [6.45, 7) is 0. The minimum absolute atomic E-state index is 0.374. The Hall–Kier alpha value is -1.40. The number of benzene rings is 1. The van der Waals surface area contributed by atoms with E-state index in [9.17, 15) is 8.78 Å². The number of halogens is 2. The van der Waals surface area contributed by atoms with E-state index in [-0.39, 0.29) is 0 Å². The molecule has 15 heavy (non-hydrogen) atoms. The first-order chi connectivity index (χ1) is 7.16. The highest BCUT2D eigenvalue weighted by Crippen LogP contribution is 2.22. The van der Waals surface area contributed by atoms with Crippen molar-refractivity contribution in [2.75, 3.05) is 0 Å². The van der Waals surface area contributed by atoms with Crippen LogP contribution in [-0.2, 0) is 0 Å². The highest BCUT2D eigenvalue weighted by Gasteiger charge is 2.13. The van der Waals surface area contributed by atoms with E-state index in [4.69, 9.17) is 5.73 Å². The number of hydrogen-bond acceptors (Lipinski definition) is 4. The Kier molecular flexibility index (Phi) is 2.70. The van der Waals surface area contributed by atoms with Crippen molar-refractivity contribution in [3.05, 3.63) is 46.5 Å².